The van der Waals surface area contributed by atoms with Crippen molar-refractivity contribution in [1.29, 1.82) is 0 Å². The maximum Gasteiger partial charge on any atom is 0.223 e. The fourth-order valence-electron chi connectivity index (χ4n) is 4.09. The number of aromatic nitrogens is 2. The van der Waals surface area contributed by atoms with E-state index in [0.717, 1.165) is 19.5 Å². The number of carbonyl (C=O) groups is 1. The molecule has 3 aliphatic rings. The zero-order valence-electron chi connectivity index (χ0n) is 12.1. The quantitative estimate of drug-likeness (QED) is 0.849. The van der Waals surface area contributed by atoms with Crippen LogP contribution < -0.4 is 0 Å². The Kier molecular flexibility index (Phi) is 2.86. The van der Waals surface area contributed by atoms with E-state index in [4.69, 9.17) is 0 Å². The van der Waals surface area contributed by atoms with Gasteiger partial charge >= 0.3 is 0 Å². The SMILES string of the molecule is O=C1CC2(CCCCC2)CN1Cc1cncn1C1CC1. The molecule has 0 unspecified atom stereocenters. The Labute approximate surface area is 120 Å². The highest BCUT2D eigenvalue weighted by Crippen LogP contribution is 2.44. The third kappa shape index (κ3) is 2.15. The molecule has 1 spiro atoms. The minimum atomic E-state index is 0.305. The Balaban J connectivity index is 1.48. The molecular weight excluding hydrogens is 250 g/mol. The number of likely N-dealkylation sites (tertiary alicyclic amines) is 1. The summed E-state index contributed by atoms with van der Waals surface area (Å²) in [5.74, 6) is 0.357. The number of rotatable bonds is 3. The molecule has 4 heteroatoms. The summed E-state index contributed by atoms with van der Waals surface area (Å²) in [4.78, 5) is 18.7. The van der Waals surface area contributed by atoms with Crippen molar-refractivity contribution in [2.45, 2.75) is 64.0 Å². The molecule has 4 nitrogen and oxygen atoms in total. The molecule has 0 N–H and O–H groups in total. The summed E-state index contributed by atoms with van der Waals surface area (Å²) in [7, 11) is 0. The van der Waals surface area contributed by atoms with Crippen molar-refractivity contribution in [3.05, 3.63) is 18.2 Å². The molecule has 1 aliphatic heterocycles. The third-order valence-corrected chi connectivity index (χ3v) is 5.36. The maximum absolute atomic E-state index is 12.4. The molecule has 2 heterocycles. The van der Waals surface area contributed by atoms with Gasteiger partial charge in [-0.1, -0.05) is 19.3 Å². The van der Waals surface area contributed by atoms with Crippen LogP contribution in [0.1, 0.15) is 63.1 Å². The molecule has 2 saturated carbocycles. The van der Waals surface area contributed by atoms with Crippen molar-refractivity contribution in [2.75, 3.05) is 6.54 Å². The summed E-state index contributed by atoms with van der Waals surface area (Å²) in [6.45, 7) is 1.73. The molecule has 108 valence electrons. The number of carbonyl (C=O) groups excluding carboxylic acids is 1. The highest BCUT2D eigenvalue weighted by Gasteiger charge is 2.43. The van der Waals surface area contributed by atoms with Gasteiger partial charge in [-0.3, -0.25) is 4.79 Å². The first-order chi connectivity index (χ1) is 9.76. The Morgan fingerprint density at radius 2 is 2.05 bits per heavy atom. The van der Waals surface area contributed by atoms with Crippen LogP contribution in [0.25, 0.3) is 0 Å². The number of nitrogens with zero attached hydrogens (tertiary/aromatic N) is 3. The lowest BCUT2D eigenvalue weighted by molar-refractivity contribution is -0.128. The lowest BCUT2D eigenvalue weighted by atomic mass is 9.73. The topological polar surface area (TPSA) is 38.1 Å². The maximum atomic E-state index is 12.4. The van der Waals surface area contributed by atoms with E-state index in [2.05, 4.69) is 14.5 Å². The van der Waals surface area contributed by atoms with Crippen molar-refractivity contribution < 1.29 is 4.79 Å². The van der Waals surface area contributed by atoms with Gasteiger partial charge in [-0.15, -0.1) is 0 Å². The highest BCUT2D eigenvalue weighted by molar-refractivity contribution is 5.79. The number of imidazole rings is 1. The van der Waals surface area contributed by atoms with Gasteiger partial charge in [0, 0.05) is 25.2 Å². The number of hydrogen-bond acceptors (Lipinski definition) is 2. The summed E-state index contributed by atoms with van der Waals surface area (Å²) in [5.41, 5.74) is 1.52. The lowest BCUT2D eigenvalue weighted by Gasteiger charge is -2.32. The molecular formula is C16H23N3O. The molecule has 3 fully saturated rings. The summed E-state index contributed by atoms with van der Waals surface area (Å²) < 4.78 is 2.28. The van der Waals surface area contributed by atoms with E-state index in [-0.39, 0.29) is 0 Å². The second-order valence-electron chi connectivity index (χ2n) is 7.01. The molecule has 0 aromatic carbocycles. The van der Waals surface area contributed by atoms with Crippen LogP contribution in [0.5, 0.6) is 0 Å². The van der Waals surface area contributed by atoms with Crippen LogP contribution in [0.2, 0.25) is 0 Å². The first kappa shape index (κ1) is 12.4. The van der Waals surface area contributed by atoms with Crippen molar-refractivity contribution in [2.24, 2.45) is 5.41 Å². The average Bonchev–Trinajstić information content (AvgIpc) is 3.12. The van der Waals surface area contributed by atoms with Crippen molar-refractivity contribution in [3.63, 3.8) is 0 Å². The van der Waals surface area contributed by atoms with Crippen molar-refractivity contribution >= 4 is 5.91 Å². The molecule has 20 heavy (non-hydrogen) atoms. The molecule has 1 amide bonds. The van der Waals surface area contributed by atoms with E-state index < -0.39 is 0 Å². The number of amides is 1. The van der Waals surface area contributed by atoms with Gasteiger partial charge < -0.3 is 9.47 Å². The van der Waals surface area contributed by atoms with Crippen molar-refractivity contribution in [1.82, 2.24) is 14.5 Å². The average molecular weight is 273 g/mol. The molecule has 0 radical (unpaired) electrons. The monoisotopic (exact) mass is 273 g/mol. The van der Waals surface area contributed by atoms with Gasteiger partial charge in [0.25, 0.3) is 0 Å². The smallest absolute Gasteiger partial charge is 0.223 e. The van der Waals surface area contributed by atoms with E-state index >= 15 is 0 Å². The predicted molar refractivity (Wildman–Crippen MR) is 76.1 cm³/mol. The van der Waals surface area contributed by atoms with Gasteiger partial charge in [-0.2, -0.15) is 0 Å². The standard InChI is InChI=1S/C16H23N3O/c20-15-8-16(6-2-1-3-7-16)11-18(15)10-14-9-17-12-19(14)13-4-5-13/h9,12-13H,1-8,10-11H2. The Bertz CT molecular complexity index is 512. The van der Waals surface area contributed by atoms with Crippen LogP contribution in [0, 0.1) is 5.41 Å². The third-order valence-electron chi connectivity index (χ3n) is 5.36. The first-order valence-electron chi connectivity index (χ1n) is 8.04. The summed E-state index contributed by atoms with van der Waals surface area (Å²) in [6.07, 6.45) is 13.6. The highest BCUT2D eigenvalue weighted by atomic mass is 16.2. The zero-order chi connectivity index (χ0) is 13.6. The van der Waals surface area contributed by atoms with E-state index in [1.165, 1.54) is 50.6 Å². The second-order valence-corrected chi connectivity index (χ2v) is 7.01. The molecule has 0 bridgehead atoms. The van der Waals surface area contributed by atoms with E-state index in [0.29, 0.717) is 17.4 Å². The fraction of sp³-hybridized carbons (Fsp3) is 0.750. The summed E-state index contributed by atoms with van der Waals surface area (Å²) in [5, 5.41) is 0. The summed E-state index contributed by atoms with van der Waals surface area (Å²) in [6, 6.07) is 0.647. The van der Waals surface area contributed by atoms with Crippen LogP contribution in [0.15, 0.2) is 12.5 Å². The zero-order valence-corrected chi connectivity index (χ0v) is 12.1. The van der Waals surface area contributed by atoms with Crippen LogP contribution in [-0.2, 0) is 11.3 Å². The summed E-state index contributed by atoms with van der Waals surface area (Å²) >= 11 is 0. The second kappa shape index (κ2) is 4.61. The number of hydrogen-bond donors (Lipinski definition) is 0. The predicted octanol–water partition coefficient (Wildman–Crippen LogP) is 2.90. The Morgan fingerprint density at radius 1 is 1.25 bits per heavy atom. The molecule has 0 atom stereocenters. The van der Waals surface area contributed by atoms with Gasteiger partial charge in [0.15, 0.2) is 0 Å². The van der Waals surface area contributed by atoms with E-state index in [1.807, 2.05) is 12.5 Å². The largest absolute Gasteiger partial charge is 0.336 e. The van der Waals surface area contributed by atoms with Crippen LogP contribution >= 0.6 is 0 Å². The van der Waals surface area contributed by atoms with Gasteiger partial charge in [0.05, 0.1) is 18.6 Å². The van der Waals surface area contributed by atoms with Gasteiger partial charge in [-0.05, 0) is 31.1 Å². The molecule has 2 aliphatic carbocycles. The fourth-order valence-corrected chi connectivity index (χ4v) is 4.09. The minimum Gasteiger partial charge on any atom is -0.336 e. The lowest BCUT2D eigenvalue weighted by Crippen LogP contribution is -2.30. The Hall–Kier alpha value is -1.32. The van der Waals surface area contributed by atoms with E-state index in [9.17, 15) is 4.79 Å². The molecule has 1 aromatic rings. The first-order valence-corrected chi connectivity index (χ1v) is 8.04. The van der Waals surface area contributed by atoms with E-state index in [1.54, 1.807) is 0 Å². The van der Waals surface area contributed by atoms with Gasteiger partial charge in [0.2, 0.25) is 5.91 Å². The van der Waals surface area contributed by atoms with Gasteiger partial charge in [0.1, 0.15) is 0 Å². The molecule has 1 saturated heterocycles. The normalized spacial score (nSPS) is 25.6. The Morgan fingerprint density at radius 3 is 2.80 bits per heavy atom. The van der Waals surface area contributed by atoms with Crippen LogP contribution in [0.3, 0.4) is 0 Å². The minimum absolute atomic E-state index is 0.305. The van der Waals surface area contributed by atoms with Crippen LogP contribution in [-0.4, -0.2) is 26.9 Å². The van der Waals surface area contributed by atoms with Crippen LogP contribution in [0.4, 0.5) is 0 Å². The molecule has 4 rings (SSSR count). The molecule has 1 aromatic heterocycles. The van der Waals surface area contributed by atoms with Crippen molar-refractivity contribution in [3.8, 4) is 0 Å². The van der Waals surface area contributed by atoms with Gasteiger partial charge in [-0.25, -0.2) is 4.98 Å².